The molecular formula is C7H4BrNO3S2. The van der Waals surface area contributed by atoms with E-state index < -0.39 is 10.1 Å². The Hall–Kier alpha value is -0.500. The van der Waals surface area contributed by atoms with E-state index in [0.29, 0.717) is 5.52 Å². The Morgan fingerprint density at radius 3 is 2.79 bits per heavy atom. The van der Waals surface area contributed by atoms with Gasteiger partial charge in [-0.2, -0.15) is 8.42 Å². The third-order valence-electron chi connectivity index (χ3n) is 1.55. The van der Waals surface area contributed by atoms with E-state index in [1.54, 1.807) is 18.2 Å². The Labute approximate surface area is 92.5 Å². The molecule has 0 unspecified atom stereocenters. The van der Waals surface area contributed by atoms with Gasteiger partial charge < -0.3 is 0 Å². The van der Waals surface area contributed by atoms with Gasteiger partial charge in [-0.3, -0.25) is 4.55 Å². The smallest absolute Gasteiger partial charge is 0.280 e. The van der Waals surface area contributed by atoms with Gasteiger partial charge >= 0.3 is 10.1 Å². The van der Waals surface area contributed by atoms with E-state index in [-0.39, 0.29) is 4.34 Å². The summed E-state index contributed by atoms with van der Waals surface area (Å²) in [4.78, 5) is 3.80. The van der Waals surface area contributed by atoms with Gasteiger partial charge in [-0.15, -0.1) is 11.3 Å². The van der Waals surface area contributed by atoms with Crippen LogP contribution >= 0.6 is 27.3 Å². The molecule has 0 aliphatic heterocycles. The van der Waals surface area contributed by atoms with Crippen molar-refractivity contribution in [2.75, 3.05) is 0 Å². The number of aromatic nitrogens is 1. The molecule has 0 aliphatic rings. The number of thiazole rings is 1. The first kappa shape index (κ1) is 10.0. The number of halogens is 1. The van der Waals surface area contributed by atoms with Crippen LogP contribution in [0.5, 0.6) is 0 Å². The molecule has 0 amide bonds. The maximum atomic E-state index is 10.8. The summed E-state index contributed by atoms with van der Waals surface area (Å²) >= 11 is 4.19. The molecule has 0 aliphatic carbocycles. The van der Waals surface area contributed by atoms with Gasteiger partial charge in [0, 0.05) is 4.47 Å². The van der Waals surface area contributed by atoms with Crippen LogP contribution in [-0.4, -0.2) is 18.0 Å². The summed E-state index contributed by atoms with van der Waals surface area (Å²) in [6.45, 7) is 0. The van der Waals surface area contributed by atoms with Gasteiger partial charge in [0.05, 0.1) is 10.2 Å². The predicted octanol–water partition coefficient (Wildman–Crippen LogP) is 2.31. The van der Waals surface area contributed by atoms with Crippen LogP contribution in [0, 0.1) is 0 Å². The monoisotopic (exact) mass is 293 g/mol. The third kappa shape index (κ3) is 1.81. The first-order valence-electron chi connectivity index (χ1n) is 3.50. The van der Waals surface area contributed by atoms with Gasteiger partial charge in [0.15, 0.2) is 0 Å². The van der Waals surface area contributed by atoms with E-state index in [1.165, 1.54) is 0 Å². The van der Waals surface area contributed by atoms with E-state index in [0.717, 1.165) is 20.5 Å². The van der Waals surface area contributed by atoms with Crippen LogP contribution in [0.15, 0.2) is 27.0 Å². The van der Waals surface area contributed by atoms with E-state index in [9.17, 15) is 8.42 Å². The Morgan fingerprint density at radius 2 is 2.14 bits per heavy atom. The van der Waals surface area contributed by atoms with Gasteiger partial charge in [0.2, 0.25) is 4.34 Å². The van der Waals surface area contributed by atoms with Crippen LogP contribution in [0.1, 0.15) is 0 Å². The van der Waals surface area contributed by atoms with E-state index in [1.807, 2.05) is 0 Å². The molecule has 0 saturated carbocycles. The van der Waals surface area contributed by atoms with Gasteiger partial charge in [-0.05, 0) is 18.2 Å². The van der Waals surface area contributed by atoms with Crippen LogP contribution in [0.25, 0.3) is 10.2 Å². The number of hydrogen-bond acceptors (Lipinski definition) is 4. The van der Waals surface area contributed by atoms with Crippen molar-refractivity contribution in [1.29, 1.82) is 0 Å². The fourth-order valence-electron chi connectivity index (χ4n) is 0.990. The second kappa shape index (κ2) is 3.27. The van der Waals surface area contributed by atoms with Crippen LogP contribution in [0.4, 0.5) is 0 Å². The quantitative estimate of drug-likeness (QED) is 0.819. The number of hydrogen-bond donors (Lipinski definition) is 1. The fourth-order valence-corrected chi connectivity index (χ4v) is 2.92. The van der Waals surface area contributed by atoms with Crippen molar-refractivity contribution in [3.05, 3.63) is 22.7 Å². The summed E-state index contributed by atoms with van der Waals surface area (Å²) in [5.74, 6) is 0. The molecule has 1 N–H and O–H groups in total. The van der Waals surface area contributed by atoms with Gasteiger partial charge in [-0.1, -0.05) is 15.9 Å². The van der Waals surface area contributed by atoms with E-state index in [4.69, 9.17) is 4.55 Å². The lowest BCUT2D eigenvalue weighted by molar-refractivity contribution is 0.482. The highest BCUT2D eigenvalue weighted by Crippen LogP contribution is 2.27. The van der Waals surface area contributed by atoms with Crippen molar-refractivity contribution in [1.82, 2.24) is 4.98 Å². The summed E-state index contributed by atoms with van der Waals surface area (Å²) < 4.78 is 31.6. The SMILES string of the molecule is O=S(=O)(O)c1nc2cc(Br)ccc2s1. The molecule has 74 valence electrons. The highest BCUT2D eigenvalue weighted by Gasteiger charge is 2.15. The average Bonchev–Trinajstić information content (AvgIpc) is 2.45. The molecule has 0 bridgehead atoms. The first-order chi connectivity index (χ1) is 6.47. The van der Waals surface area contributed by atoms with Gasteiger partial charge in [0.25, 0.3) is 0 Å². The molecule has 14 heavy (non-hydrogen) atoms. The Morgan fingerprint density at radius 1 is 1.43 bits per heavy atom. The second-order valence-electron chi connectivity index (χ2n) is 2.57. The van der Waals surface area contributed by atoms with Crippen LogP contribution < -0.4 is 0 Å². The Balaban J connectivity index is 2.75. The molecule has 7 heteroatoms. The van der Waals surface area contributed by atoms with Crippen molar-refractivity contribution in [2.24, 2.45) is 0 Å². The number of benzene rings is 1. The van der Waals surface area contributed by atoms with Crippen molar-refractivity contribution < 1.29 is 13.0 Å². The highest BCUT2D eigenvalue weighted by atomic mass is 79.9. The third-order valence-corrected chi connectivity index (χ3v) is 4.29. The molecule has 0 atom stereocenters. The van der Waals surface area contributed by atoms with Gasteiger partial charge in [0.1, 0.15) is 0 Å². The minimum atomic E-state index is -4.19. The van der Waals surface area contributed by atoms with Crippen molar-refractivity contribution in [3.63, 3.8) is 0 Å². The summed E-state index contributed by atoms with van der Waals surface area (Å²) in [5, 5.41) is 0. The summed E-state index contributed by atoms with van der Waals surface area (Å²) in [5.41, 5.74) is 0.553. The van der Waals surface area contributed by atoms with Crippen LogP contribution in [0.3, 0.4) is 0 Å². The molecule has 1 heterocycles. The highest BCUT2D eigenvalue weighted by molar-refractivity contribution is 9.10. The maximum absolute atomic E-state index is 10.8. The predicted molar refractivity (Wildman–Crippen MR) is 57.1 cm³/mol. The normalized spacial score (nSPS) is 12.1. The first-order valence-corrected chi connectivity index (χ1v) is 6.55. The average molecular weight is 294 g/mol. The number of rotatable bonds is 1. The fraction of sp³-hybridized carbons (Fsp3) is 0. The Bertz CT molecular complexity index is 590. The van der Waals surface area contributed by atoms with Gasteiger partial charge in [-0.25, -0.2) is 4.98 Å². The largest absolute Gasteiger partial charge is 0.322 e. The minimum absolute atomic E-state index is 0.273. The standard InChI is InChI=1S/C7H4BrNO3S2/c8-4-1-2-6-5(3-4)9-7(13-6)14(10,11)12/h1-3H,(H,10,11,12). The molecule has 0 spiro atoms. The molecule has 0 saturated heterocycles. The molecule has 2 rings (SSSR count). The zero-order chi connectivity index (χ0) is 10.3. The topological polar surface area (TPSA) is 67.3 Å². The summed E-state index contributed by atoms with van der Waals surface area (Å²) in [6.07, 6.45) is 0. The molecule has 1 aromatic carbocycles. The van der Waals surface area contributed by atoms with Crippen molar-refractivity contribution in [3.8, 4) is 0 Å². The minimum Gasteiger partial charge on any atom is -0.280 e. The zero-order valence-corrected chi connectivity index (χ0v) is 9.86. The van der Waals surface area contributed by atoms with Crippen LogP contribution in [-0.2, 0) is 10.1 Å². The van der Waals surface area contributed by atoms with E-state index in [2.05, 4.69) is 20.9 Å². The molecule has 4 nitrogen and oxygen atoms in total. The number of fused-ring (bicyclic) bond motifs is 1. The zero-order valence-electron chi connectivity index (χ0n) is 6.64. The lowest BCUT2D eigenvalue weighted by atomic mass is 10.3. The van der Waals surface area contributed by atoms with Crippen molar-refractivity contribution in [2.45, 2.75) is 4.34 Å². The van der Waals surface area contributed by atoms with Crippen molar-refractivity contribution >= 4 is 47.6 Å². The van der Waals surface area contributed by atoms with Crippen LogP contribution in [0.2, 0.25) is 0 Å². The molecule has 2 aromatic rings. The summed E-state index contributed by atoms with van der Waals surface area (Å²) in [6, 6.07) is 5.22. The Kier molecular flexibility index (Phi) is 2.34. The lowest BCUT2D eigenvalue weighted by Gasteiger charge is -1.87. The maximum Gasteiger partial charge on any atom is 0.322 e. The second-order valence-corrected chi connectivity index (χ2v) is 6.11. The lowest BCUT2D eigenvalue weighted by Crippen LogP contribution is -1.95. The molecule has 0 fully saturated rings. The number of nitrogens with zero attached hydrogens (tertiary/aromatic N) is 1. The molecular weight excluding hydrogens is 290 g/mol. The van der Waals surface area contributed by atoms with E-state index >= 15 is 0 Å². The summed E-state index contributed by atoms with van der Waals surface area (Å²) in [7, 11) is -4.19. The molecule has 0 radical (unpaired) electrons. The molecule has 1 aromatic heterocycles.